The molecule has 19 heavy (non-hydrogen) atoms. The minimum Gasteiger partial charge on any atom is -0.478 e. The van der Waals surface area contributed by atoms with Gasteiger partial charge < -0.3 is 16.2 Å². The summed E-state index contributed by atoms with van der Waals surface area (Å²) in [6, 6.07) is 3.58. The highest BCUT2D eigenvalue weighted by Gasteiger charge is 2.12. The number of benzene rings is 1. The van der Waals surface area contributed by atoms with Crippen molar-refractivity contribution < 1.29 is 23.9 Å². The van der Waals surface area contributed by atoms with Crippen LogP contribution in [0.2, 0.25) is 0 Å². The third-order valence-electron chi connectivity index (χ3n) is 2.08. The number of carboxylic acids is 1. The monoisotopic (exact) mass is 266 g/mol. The molecular weight excluding hydrogens is 255 g/mol. The van der Waals surface area contributed by atoms with Crippen LogP contribution in [0, 0.1) is 5.82 Å². The highest BCUT2D eigenvalue weighted by Crippen LogP contribution is 2.11. The van der Waals surface area contributed by atoms with Gasteiger partial charge in [-0.3, -0.25) is 9.59 Å². The van der Waals surface area contributed by atoms with Gasteiger partial charge in [-0.05, 0) is 23.8 Å². The van der Waals surface area contributed by atoms with Crippen molar-refractivity contribution in [2.24, 2.45) is 5.73 Å². The zero-order valence-electron chi connectivity index (χ0n) is 9.72. The van der Waals surface area contributed by atoms with Gasteiger partial charge in [-0.25, -0.2) is 9.18 Å². The second kappa shape index (κ2) is 6.29. The minimum absolute atomic E-state index is 0.256. The summed E-state index contributed by atoms with van der Waals surface area (Å²) in [6.07, 6.45) is 2.04. The van der Waals surface area contributed by atoms with E-state index < -0.39 is 23.6 Å². The molecule has 2 amide bonds. The maximum absolute atomic E-state index is 13.6. The highest BCUT2D eigenvalue weighted by molar-refractivity contribution is 5.96. The summed E-state index contributed by atoms with van der Waals surface area (Å²) in [5.74, 6) is -3.50. The first-order chi connectivity index (χ1) is 8.90. The molecule has 0 aliphatic rings. The Balaban J connectivity index is 2.85. The van der Waals surface area contributed by atoms with Crippen molar-refractivity contribution in [3.05, 3.63) is 41.2 Å². The van der Waals surface area contributed by atoms with Crippen molar-refractivity contribution in [2.45, 2.75) is 0 Å². The number of carbonyl (C=O) groups excluding carboxylic acids is 2. The first kappa shape index (κ1) is 14.4. The SMILES string of the molecule is NC(=O)CNC(=O)c1ccc(/C=C/C(=O)O)cc1F. The predicted molar refractivity (Wildman–Crippen MR) is 64.6 cm³/mol. The number of primary amides is 1. The zero-order chi connectivity index (χ0) is 14.4. The third-order valence-corrected chi connectivity index (χ3v) is 2.08. The van der Waals surface area contributed by atoms with Crippen LogP contribution in [-0.4, -0.2) is 29.4 Å². The van der Waals surface area contributed by atoms with Crippen molar-refractivity contribution in [1.82, 2.24) is 5.32 Å². The second-order valence-electron chi connectivity index (χ2n) is 3.56. The van der Waals surface area contributed by atoms with Crippen LogP contribution in [0.1, 0.15) is 15.9 Å². The Morgan fingerprint density at radius 1 is 1.37 bits per heavy atom. The molecule has 0 aliphatic heterocycles. The number of carboxylic acid groups (broad SMARTS) is 1. The molecule has 0 radical (unpaired) electrons. The maximum Gasteiger partial charge on any atom is 0.328 e. The van der Waals surface area contributed by atoms with E-state index in [4.69, 9.17) is 10.8 Å². The number of amides is 2. The van der Waals surface area contributed by atoms with E-state index in [0.717, 1.165) is 12.1 Å². The molecule has 100 valence electrons. The number of nitrogens with one attached hydrogen (secondary N) is 1. The smallest absolute Gasteiger partial charge is 0.328 e. The molecule has 6 nitrogen and oxygen atoms in total. The first-order valence-electron chi connectivity index (χ1n) is 5.17. The third kappa shape index (κ3) is 4.58. The van der Waals surface area contributed by atoms with E-state index in [9.17, 15) is 18.8 Å². The van der Waals surface area contributed by atoms with Gasteiger partial charge in [0.15, 0.2) is 0 Å². The average Bonchev–Trinajstić information content (AvgIpc) is 2.33. The molecule has 0 unspecified atom stereocenters. The Labute approximate surface area is 107 Å². The van der Waals surface area contributed by atoms with Crippen LogP contribution in [0.15, 0.2) is 24.3 Å². The normalized spacial score (nSPS) is 10.4. The molecule has 1 rings (SSSR count). The van der Waals surface area contributed by atoms with Gasteiger partial charge in [0, 0.05) is 6.08 Å². The average molecular weight is 266 g/mol. The lowest BCUT2D eigenvalue weighted by atomic mass is 10.1. The molecular formula is C12H11FN2O4. The van der Waals surface area contributed by atoms with Gasteiger partial charge in [0.25, 0.3) is 5.91 Å². The number of hydrogen-bond acceptors (Lipinski definition) is 3. The topological polar surface area (TPSA) is 109 Å². The van der Waals surface area contributed by atoms with Crippen molar-refractivity contribution in [3.63, 3.8) is 0 Å². The molecule has 0 heterocycles. The molecule has 0 aromatic heterocycles. The van der Waals surface area contributed by atoms with Crippen molar-refractivity contribution in [2.75, 3.05) is 6.54 Å². The highest BCUT2D eigenvalue weighted by atomic mass is 19.1. The van der Waals surface area contributed by atoms with Crippen LogP contribution in [-0.2, 0) is 9.59 Å². The van der Waals surface area contributed by atoms with Gasteiger partial charge in [0.05, 0.1) is 12.1 Å². The van der Waals surface area contributed by atoms with Crippen LogP contribution >= 0.6 is 0 Å². The van der Waals surface area contributed by atoms with Crippen molar-refractivity contribution >= 4 is 23.9 Å². The van der Waals surface area contributed by atoms with Crippen molar-refractivity contribution in [3.8, 4) is 0 Å². The summed E-state index contributed by atoms with van der Waals surface area (Å²) in [5.41, 5.74) is 4.88. The fraction of sp³-hybridized carbons (Fsp3) is 0.0833. The molecule has 0 saturated carbocycles. The molecule has 0 bridgehead atoms. The quantitative estimate of drug-likeness (QED) is 0.658. The fourth-order valence-corrected chi connectivity index (χ4v) is 1.25. The van der Waals surface area contributed by atoms with E-state index >= 15 is 0 Å². The summed E-state index contributed by atoms with van der Waals surface area (Å²) in [5, 5.41) is 10.6. The molecule has 4 N–H and O–H groups in total. The van der Waals surface area contributed by atoms with Gasteiger partial charge in [-0.1, -0.05) is 6.07 Å². The van der Waals surface area contributed by atoms with E-state index in [1.807, 2.05) is 0 Å². The van der Waals surface area contributed by atoms with Gasteiger partial charge in [-0.15, -0.1) is 0 Å². The summed E-state index contributed by atoms with van der Waals surface area (Å²) in [4.78, 5) is 32.2. The van der Waals surface area contributed by atoms with Gasteiger partial charge in [-0.2, -0.15) is 0 Å². The standard InChI is InChI=1S/C12H11FN2O4/c13-9-5-7(2-4-11(17)18)1-3-8(9)12(19)15-6-10(14)16/h1-5H,6H2,(H2,14,16)(H,15,19)(H,17,18)/b4-2+. The summed E-state index contributed by atoms with van der Waals surface area (Å²) >= 11 is 0. The number of rotatable bonds is 5. The van der Waals surface area contributed by atoms with Gasteiger partial charge in [0.1, 0.15) is 5.82 Å². The van der Waals surface area contributed by atoms with E-state index in [-0.39, 0.29) is 12.1 Å². The molecule has 0 atom stereocenters. The van der Waals surface area contributed by atoms with Crippen LogP contribution in [0.4, 0.5) is 4.39 Å². The van der Waals surface area contributed by atoms with E-state index in [1.54, 1.807) is 0 Å². The predicted octanol–water partition coefficient (Wildman–Crippen LogP) is 0.139. The molecule has 0 fully saturated rings. The summed E-state index contributed by atoms with van der Waals surface area (Å²) < 4.78 is 13.6. The van der Waals surface area contributed by atoms with Crippen molar-refractivity contribution in [1.29, 1.82) is 0 Å². The number of halogens is 1. The van der Waals surface area contributed by atoms with Crippen LogP contribution in [0.25, 0.3) is 6.08 Å². The largest absolute Gasteiger partial charge is 0.478 e. The number of hydrogen-bond donors (Lipinski definition) is 3. The Hall–Kier alpha value is -2.70. The van der Waals surface area contributed by atoms with Crippen LogP contribution in [0.5, 0.6) is 0 Å². The van der Waals surface area contributed by atoms with E-state index in [2.05, 4.69) is 5.32 Å². The fourth-order valence-electron chi connectivity index (χ4n) is 1.25. The zero-order valence-corrected chi connectivity index (χ0v) is 9.72. The second-order valence-corrected chi connectivity index (χ2v) is 3.56. The number of carbonyl (C=O) groups is 3. The Bertz CT molecular complexity index is 555. The molecule has 0 spiro atoms. The van der Waals surface area contributed by atoms with E-state index in [1.165, 1.54) is 18.2 Å². The van der Waals surface area contributed by atoms with E-state index in [0.29, 0.717) is 5.56 Å². The minimum atomic E-state index is -1.16. The lowest BCUT2D eigenvalue weighted by Gasteiger charge is -2.04. The number of nitrogens with two attached hydrogens (primary N) is 1. The molecule has 1 aromatic rings. The molecule has 0 saturated heterocycles. The Morgan fingerprint density at radius 3 is 2.58 bits per heavy atom. The first-order valence-corrected chi connectivity index (χ1v) is 5.17. The molecule has 7 heteroatoms. The maximum atomic E-state index is 13.6. The number of aliphatic carboxylic acids is 1. The summed E-state index contributed by atoms with van der Waals surface area (Å²) in [6.45, 7) is -0.390. The van der Waals surface area contributed by atoms with Crippen LogP contribution in [0.3, 0.4) is 0 Å². The van der Waals surface area contributed by atoms with Crippen LogP contribution < -0.4 is 11.1 Å². The van der Waals surface area contributed by atoms with Gasteiger partial charge >= 0.3 is 5.97 Å². The molecule has 0 aliphatic carbocycles. The molecule has 1 aromatic carbocycles. The lowest BCUT2D eigenvalue weighted by molar-refractivity contribution is -0.131. The summed E-state index contributed by atoms with van der Waals surface area (Å²) in [7, 11) is 0. The lowest BCUT2D eigenvalue weighted by Crippen LogP contribution is -2.33. The van der Waals surface area contributed by atoms with Gasteiger partial charge in [0.2, 0.25) is 5.91 Å². The Kier molecular flexibility index (Phi) is 4.76. The Morgan fingerprint density at radius 2 is 2.05 bits per heavy atom.